The number of hydrogen-bond donors (Lipinski definition) is 1. The first-order valence-electron chi connectivity index (χ1n) is 7.58. The highest BCUT2D eigenvalue weighted by Crippen LogP contribution is 2.20. The molecule has 0 aliphatic carbocycles. The van der Waals surface area contributed by atoms with Crippen molar-refractivity contribution < 1.29 is 14.3 Å². The summed E-state index contributed by atoms with van der Waals surface area (Å²) in [6, 6.07) is 5.36. The van der Waals surface area contributed by atoms with Gasteiger partial charge in [-0.05, 0) is 51.8 Å². The van der Waals surface area contributed by atoms with Crippen LogP contribution in [0, 0.1) is 6.92 Å². The van der Waals surface area contributed by atoms with E-state index in [0.29, 0.717) is 30.1 Å². The monoisotopic (exact) mass is 340 g/mol. The van der Waals surface area contributed by atoms with Gasteiger partial charge in [0.05, 0.1) is 0 Å². The summed E-state index contributed by atoms with van der Waals surface area (Å²) in [6.07, 6.45) is 0.490. The molecule has 6 heteroatoms. The van der Waals surface area contributed by atoms with E-state index >= 15 is 0 Å². The number of aryl methyl sites for hydroxylation is 1. The highest BCUT2D eigenvalue weighted by atomic mass is 35.5. The molecule has 0 fully saturated rings. The van der Waals surface area contributed by atoms with E-state index in [9.17, 15) is 9.59 Å². The Morgan fingerprint density at radius 2 is 1.96 bits per heavy atom. The smallest absolute Gasteiger partial charge is 0.410 e. The first kappa shape index (κ1) is 19.3. The maximum atomic E-state index is 12.0. The third-order valence-corrected chi connectivity index (χ3v) is 3.31. The van der Waals surface area contributed by atoms with E-state index in [2.05, 4.69) is 5.32 Å². The summed E-state index contributed by atoms with van der Waals surface area (Å²) in [5, 5.41) is 3.41. The van der Waals surface area contributed by atoms with Crippen LogP contribution in [0.2, 0.25) is 5.02 Å². The molecule has 0 heterocycles. The molecule has 0 spiro atoms. The third-order valence-electron chi connectivity index (χ3n) is 3.08. The highest BCUT2D eigenvalue weighted by Gasteiger charge is 2.19. The summed E-state index contributed by atoms with van der Waals surface area (Å²) in [7, 11) is 1.66. The number of hydrogen-bond acceptors (Lipinski definition) is 3. The number of halogens is 1. The lowest BCUT2D eigenvalue weighted by molar-refractivity contribution is -0.116. The highest BCUT2D eigenvalue weighted by molar-refractivity contribution is 6.31. The van der Waals surface area contributed by atoms with Crippen molar-refractivity contribution >= 4 is 29.3 Å². The average molecular weight is 341 g/mol. The van der Waals surface area contributed by atoms with Gasteiger partial charge < -0.3 is 15.0 Å². The molecule has 0 bridgehead atoms. The van der Waals surface area contributed by atoms with Crippen LogP contribution in [0.5, 0.6) is 0 Å². The van der Waals surface area contributed by atoms with Gasteiger partial charge in [0.15, 0.2) is 0 Å². The lowest BCUT2D eigenvalue weighted by Gasteiger charge is -2.24. The number of nitrogens with zero attached hydrogens (tertiary/aromatic N) is 1. The largest absolute Gasteiger partial charge is 0.444 e. The molecule has 0 aliphatic heterocycles. The van der Waals surface area contributed by atoms with Crippen molar-refractivity contribution in [3.05, 3.63) is 28.8 Å². The van der Waals surface area contributed by atoms with Gasteiger partial charge in [-0.2, -0.15) is 0 Å². The van der Waals surface area contributed by atoms with Crippen molar-refractivity contribution in [3.63, 3.8) is 0 Å². The number of amides is 2. The van der Waals surface area contributed by atoms with Gasteiger partial charge in [0, 0.05) is 30.7 Å². The van der Waals surface area contributed by atoms with E-state index in [1.54, 1.807) is 19.2 Å². The number of carbonyl (C=O) groups excluding carboxylic acids is 2. The van der Waals surface area contributed by atoms with E-state index in [0.717, 1.165) is 5.56 Å². The van der Waals surface area contributed by atoms with Gasteiger partial charge in [-0.1, -0.05) is 17.7 Å². The SMILES string of the molecule is Cc1ccc(Cl)cc1NC(=O)CCCN(C)C(=O)OC(C)(C)C. The summed E-state index contributed by atoms with van der Waals surface area (Å²) in [5.41, 5.74) is 1.14. The second-order valence-electron chi connectivity index (χ2n) is 6.51. The van der Waals surface area contributed by atoms with Gasteiger partial charge in [0.1, 0.15) is 5.60 Å². The second kappa shape index (κ2) is 8.20. The Morgan fingerprint density at radius 3 is 2.57 bits per heavy atom. The molecule has 1 aromatic rings. The van der Waals surface area contributed by atoms with Crippen molar-refractivity contribution in [2.45, 2.75) is 46.1 Å². The molecule has 1 rings (SSSR count). The molecular weight excluding hydrogens is 316 g/mol. The average Bonchev–Trinajstić information content (AvgIpc) is 2.40. The fourth-order valence-electron chi connectivity index (χ4n) is 1.85. The van der Waals surface area contributed by atoms with E-state index in [4.69, 9.17) is 16.3 Å². The van der Waals surface area contributed by atoms with Crippen LogP contribution < -0.4 is 5.32 Å². The minimum atomic E-state index is -0.521. The van der Waals surface area contributed by atoms with E-state index in [-0.39, 0.29) is 12.0 Å². The van der Waals surface area contributed by atoms with Crippen molar-refractivity contribution in [1.82, 2.24) is 4.90 Å². The summed E-state index contributed by atoms with van der Waals surface area (Å²) in [4.78, 5) is 25.2. The molecule has 0 unspecified atom stereocenters. The number of carbonyl (C=O) groups is 2. The lowest BCUT2D eigenvalue weighted by atomic mass is 10.2. The Bertz CT molecular complexity index is 567. The molecular formula is C17H25ClN2O3. The predicted octanol–water partition coefficient (Wildman–Crippen LogP) is 4.23. The second-order valence-corrected chi connectivity index (χ2v) is 6.95. The van der Waals surface area contributed by atoms with E-state index in [1.807, 2.05) is 33.8 Å². The van der Waals surface area contributed by atoms with Crippen molar-refractivity contribution in [2.24, 2.45) is 0 Å². The molecule has 0 aliphatic rings. The zero-order valence-electron chi connectivity index (χ0n) is 14.4. The van der Waals surface area contributed by atoms with Crippen molar-refractivity contribution in [1.29, 1.82) is 0 Å². The quantitative estimate of drug-likeness (QED) is 0.872. The van der Waals surface area contributed by atoms with Crippen LogP contribution >= 0.6 is 11.6 Å². The molecule has 0 radical (unpaired) electrons. The minimum Gasteiger partial charge on any atom is -0.444 e. The Balaban J connectivity index is 2.39. The Kier molecular flexibility index (Phi) is 6.88. The summed E-state index contributed by atoms with van der Waals surface area (Å²) >= 11 is 5.92. The van der Waals surface area contributed by atoms with Gasteiger partial charge in [0.2, 0.25) is 5.91 Å². The number of benzene rings is 1. The van der Waals surface area contributed by atoms with E-state index in [1.165, 1.54) is 4.90 Å². The molecule has 1 aromatic carbocycles. The summed E-state index contributed by atoms with van der Waals surface area (Å²) < 4.78 is 5.25. The molecule has 2 amide bonds. The van der Waals surface area contributed by atoms with Crippen molar-refractivity contribution in [2.75, 3.05) is 18.9 Å². The number of rotatable bonds is 5. The molecule has 1 N–H and O–H groups in total. The van der Waals surface area contributed by atoms with Crippen molar-refractivity contribution in [3.8, 4) is 0 Å². The lowest BCUT2D eigenvalue weighted by Crippen LogP contribution is -2.35. The predicted molar refractivity (Wildman–Crippen MR) is 92.9 cm³/mol. The molecule has 23 heavy (non-hydrogen) atoms. The van der Waals surface area contributed by atoms with Crippen LogP contribution in [0.3, 0.4) is 0 Å². The maximum Gasteiger partial charge on any atom is 0.410 e. The topological polar surface area (TPSA) is 58.6 Å². The van der Waals surface area contributed by atoms with Gasteiger partial charge in [-0.15, -0.1) is 0 Å². The standard InChI is InChI=1S/C17H25ClN2O3/c1-12-8-9-13(18)11-14(12)19-15(21)7-6-10-20(5)16(22)23-17(2,3)4/h8-9,11H,6-7,10H2,1-5H3,(H,19,21). The van der Waals surface area contributed by atoms with Crippen LogP contribution in [0.25, 0.3) is 0 Å². The first-order valence-corrected chi connectivity index (χ1v) is 7.96. The molecule has 0 aromatic heterocycles. The maximum absolute atomic E-state index is 12.0. The van der Waals surface area contributed by atoms with Crippen LogP contribution in [-0.4, -0.2) is 36.1 Å². The normalized spacial score (nSPS) is 11.0. The van der Waals surface area contributed by atoms with Gasteiger partial charge in [-0.25, -0.2) is 4.79 Å². The molecule has 0 saturated carbocycles. The molecule has 128 valence electrons. The number of ether oxygens (including phenoxy) is 1. The van der Waals surface area contributed by atoms with Gasteiger partial charge in [0.25, 0.3) is 0 Å². The van der Waals surface area contributed by atoms with Crippen LogP contribution in [0.4, 0.5) is 10.5 Å². The third kappa shape index (κ3) is 7.37. The summed E-state index contributed by atoms with van der Waals surface area (Å²) in [5.74, 6) is -0.104. The minimum absolute atomic E-state index is 0.104. The number of anilines is 1. The molecule has 0 saturated heterocycles. The fourth-order valence-corrected chi connectivity index (χ4v) is 2.02. The van der Waals surface area contributed by atoms with Gasteiger partial charge in [-0.3, -0.25) is 4.79 Å². The van der Waals surface area contributed by atoms with Gasteiger partial charge >= 0.3 is 6.09 Å². The van der Waals surface area contributed by atoms with Crippen LogP contribution in [0.1, 0.15) is 39.2 Å². The first-order chi connectivity index (χ1) is 10.6. The Morgan fingerprint density at radius 1 is 1.30 bits per heavy atom. The fraction of sp³-hybridized carbons (Fsp3) is 0.529. The Labute approximate surface area is 142 Å². The number of nitrogens with one attached hydrogen (secondary N) is 1. The van der Waals surface area contributed by atoms with Crippen LogP contribution in [-0.2, 0) is 9.53 Å². The summed E-state index contributed by atoms with van der Waals surface area (Å²) in [6.45, 7) is 7.82. The zero-order valence-corrected chi connectivity index (χ0v) is 15.2. The van der Waals surface area contributed by atoms with Crippen LogP contribution in [0.15, 0.2) is 18.2 Å². The molecule has 0 atom stereocenters. The Hall–Kier alpha value is -1.75. The van der Waals surface area contributed by atoms with E-state index < -0.39 is 5.60 Å². The molecule has 5 nitrogen and oxygen atoms in total. The zero-order chi connectivity index (χ0) is 17.6.